The second-order valence-electron chi connectivity index (χ2n) is 6.88. The summed E-state index contributed by atoms with van der Waals surface area (Å²) >= 11 is 0. The van der Waals surface area contributed by atoms with Gasteiger partial charge in [-0.2, -0.15) is 0 Å². The molecule has 3 heterocycles. The molecule has 4 nitrogen and oxygen atoms in total. The van der Waals surface area contributed by atoms with E-state index in [4.69, 9.17) is 4.74 Å². The zero-order chi connectivity index (χ0) is 15.6. The average molecular weight is 313 g/mol. The van der Waals surface area contributed by atoms with Gasteiger partial charge in [0.05, 0.1) is 7.11 Å². The summed E-state index contributed by atoms with van der Waals surface area (Å²) in [6.45, 7) is 4.84. The van der Waals surface area contributed by atoms with E-state index >= 15 is 0 Å². The van der Waals surface area contributed by atoms with Crippen molar-refractivity contribution in [3.8, 4) is 5.75 Å². The molecule has 23 heavy (non-hydrogen) atoms. The molecule has 0 radical (unpaired) electrons. The molecule has 0 aliphatic carbocycles. The fourth-order valence-electron chi connectivity index (χ4n) is 4.16. The molecular weight excluding hydrogens is 286 g/mol. The molecule has 1 saturated heterocycles. The van der Waals surface area contributed by atoms with Crippen LogP contribution in [0.5, 0.6) is 5.75 Å². The number of hydrogen-bond donors (Lipinski definition) is 2. The minimum atomic E-state index is 0.457. The van der Waals surface area contributed by atoms with E-state index in [1.54, 1.807) is 7.11 Å². The largest absolute Gasteiger partial charge is 0.497 e. The van der Waals surface area contributed by atoms with E-state index in [0.717, 1.165) is 18.7 Å². The molecular formula is C19H27N3O. The van der Waals surface area contributed by atoms with Gasteiger partial charge in [-0.15, -0.1) is 0 Å². The molecule has 124 valence electrons. The smallest absolute Gasteiger partial charge is 0.119 e. The van der Waals surface area contributed by atoms with Crippen molar-refractivity contribution >= 4 is 10.9 Å². The van der Waals surface area contributed by atoms with E-state index in [2.05, 4.69) is 27.3 Å². The summed E-state index contributed by atoms with van der Waals surface area (Å²) in [7, 11) is 1.74. The second kappa shape index (κ2) is 6.54. The molecule has 2 aliphatic heterocycles. The Kier molecular flexibility index (Phi) is 4.27. The van der Waals surface area contributed by atoms with Crippen molar-refractivity contribution in [2.24, 2.45) is 0 Å². The number of rotatable bonds is 4. The lowest BCUT2D eigenvalue weighted by Gasteiger charge is -2.30. The van der Waals surface area contributed by atoms with E-state index in [0.29, 0.717) is 6.04 Å². The van der Waals surface area contributed by atoms with Gasteiger partial charge in [0.15, 0.2) is 0 Å². The minimum absolute atomic E-state index is 0.457. The first-order valence-electron chi connectivity index (χ1n) is 8.99. The summed E-state index contributed by atoms with van der Waals surface area (Å²) in [5.74, 6) is 0.947. The molecule has 4 rings (SSSR count). The number of nitrogens with zero attached hydrogens (tertiary/aromatic N) is 1. The van der Waals surface area contributed by atoms with E-state index in [1.807, 2.05) is 6.07 Å². The number of piperidine rings is 1. The van der Waals surface area contributed by atoms with Gasteiger partial charge in [0, 0.05) is 22.6 Å². The fourth-order valence-corrected chi connectivity index (χ4v) is 4.16. The highest BCUT2D eigenvalue weighted by molar-refractivity contribution is 5.86. The van der Waals surface area contributed by atoms with Crippen molar-refractivity contribution in [2.75, 3.05) is 33.3 Å². The monoisotopic (exact) mass is 313 g/mol. The van der Waals surface area contributed by atoms with Gasteiger partial charge >= 0.3 is 0 Å². The summed E-state index contributed by atoms with van der Waals surface area (Å²) in [5.41, 5.74) is 4.13. The Morgan fingerprint density at radius 1 is 1.22 bits per heavy atom. The van der Waals surface area contributed by atoms with Crippen LogP contribution in [0.1, 0.15) is 43.0 Å². The minimum Gasteiger partial charge on any atom is -0.497 e. The third-order valence-corrected chi connectivity index (χ3v) is 5.44. The van der Waals surface area contributed by atoms with Crippen LogP contribution in [0.25, 0.3) is 10.9 Å². The highest BCUT2D eigenvalue weighted by Crippen LogP contribution is 2.33. The predicted molar refractivity (Wildman–Crippen MR) is 94.2 cm³/mol. The number of methoxy groups -OCH3 is 1. The van der Waals surface area contributed by atoms with Crippen LogP contribution in [0.15, 0.2) is 18.2 Å². The zero-order valence-electron chi connectivity index (χ0n) is 14.0. The van der Waals surface area contributed by atoms with E-state index in [1.165, 1.54) is 67.5 Å². The molecule has 0 bridgehead atoms. The van der Waals surface area contributed by atoms with E-state index in [-0.39, 0.29) is 0 Å². The van der Waals surface area contributed by atoms with Gasteiger partial charge in [0.1, 0.15) is 5.75 Å². The number of fused-ring (bicyclic) bond motifs is 3. The lowest BCUT2D eigenvalue weighted by atomic mass is 9.97. The molecule has 1 atom stereocenters. The summed E-state index contributed by atoms with van der Waals surface area (Å²) in [6, 6.07) is 6.82. The SMILES string of the molecule is COc1ccc2[nH]c3c(c2c1)CCN[C@@H]3CCN1CCCCC1. The standard InChI is InChI=1S/C19H27N3O/c1-23-14-5-6-17-16(13-14)15-7-9-20-18(19(15)21-17)8-12-22-10-3-2-4-11-22/h5-6,13,18,20-21H,2-4,7-12H2,1H3/t18-/m1/s1. The summed E-state index contributed by atoms with van der Waals surface area (Å²) < 4.78 is 5.40. The molecule has 1 aromatic heterocycles. The van der Waals surface area contributed by atoms with Crippen molar-refractivity contribution in [1.82, 2.24) is 15.2 Å². The summed E-state index contributed by atoms with van der Waals surface area (Å²) in [6.07, 6.45) is 6.44. The van der Waals surface area contributed by atoms with Gasteiger partial charge in [-0.25, -0.2) is 0 Å². The van der Waals surface area contributed by atoms with Crippen LogP contribution in [-0.2, 0) is 6.42 Å². The van der Waals surface area contributed by atoms with Crippen LogP contribution in [0, 0.1) is 0 Å². The predicted octanol–water partition coefficient (Wildman–Crippen LogP) is 3.24. The third-order valence-electron chi connectivity index (χ3n) is 5.44. The van der Waals surface area contributed by atoms with Crippen molar-refractivity contribution in [2.45, 2.75) is 38.1 Å². The maximum absolute atomic E-state index is 5.40. The first-order chi connectivity index (χ1) is 11.3. The molecule has 1 fully saturated rings. The normalized spacial score (nSPS) is 22.2. The van der Waals surface area contributed by atoms with Crippen molar-refractivity contribution < 1.29 is 4.74 Å². The number of aromatic nitrogens is 1. The summed E-state index contributed by atoms with van der Waals surface area (Å²) in [4.78, 5) is 6.30. The molecule has 2 aromatic rings. The number of benzene rings is 1. The number of nitrogens with one attached hydrogen (secondary N) is 2. The summed E-state index contributed by atoms with van der Waals surface area (Å²) in [5, 5.41) is 5.05. The highest BCUT2D eigenvalue weighted by atomic mass is 16.5. The zero-order valence-corrected chi connectivity index (χ0v) is 14.0. The van der Waals surface area contributed by atoms with E-state index in [9.17, 15) is 0 Å². The van der Waals surface area contributed by atoms with Crippen LogP contribution < -0.4 is 10.1 Å². The van der Waals surface area contributed by atoms with Crippen LogP contribution in [-0.4, -0.2) is 43.2 Å². The lowest BCUT2D eigenvalue weighted by Crippen LogP contribution is -2.35. The van der Waals surface area contributed by atoms with Crippen LogP contribution in [0.2, 0.25) is 0 Å². The van der Waals surface area contributed by atoms with Gasteiger partial charge < -0.3 is 19.9 Å². The topological polar surface area (TPSA) is 40.3 Å². The first-order valence-corrected chi connectivity index (χ1v) is 8.99. The van der Waals surface area contributed by atoms with Crippen LogP contribution in [0.3, 0.4) is 0 Å². The number of ether oxygens (including phenoxy) is 1. The molecule has 1 aromatic carbocycles. The number of hydrogen-bond acceptors (Lipinski definition) is 3. The van der Waals surface area contributed by atoms with Crippen molar-refractivity contribution in [3.05, 3.63) is 29.5 Å². The van der Waals surface area contributed by atoms with Crippen LogP contribution >= 0.6 is 0 Å². The second-order valence-corrected chi connectivity index (χ2v) is 6.88. The molecule has 4 heteroatoms. The lowest BCUT2D eigenvalue weighted by molar-refractivity contribution is 0.215. The fraction of sp³-hybridized carbons (Fsp3) is 0.579. The highest BCUT2D eigenvalue weighted by Gasteiger charge is 2.24. The van der Waals surface area contributed by atoms with Gasteiger partial charge in [-0.1, -0.05) is 6.42 Å². The van der Waals surface area contributed by atoms with Crippen LogP contribution in [0.4, 0.5) is 0 Å². The van der Waals surface area contributed by atoms with Gasteiger partial charge in [0.25, 0.3) is 0 Å². The number of aromatic amines is 1. The third kappa shape index (κ3) is 2.98. The molecule has 0 saturated carbocycles. The Hall–Kier alpha value is -1.52. The van der Waals surface area contributed by atoms with Crippen molar-refractivity contribution in [1.29, 1.82) is 0 Å². The first kappa shape index (κ1) is 15.0. The molecule has 2 N–H and O–H groups in total. The number of H-pyrrole nitrogens is 1. The number of likely N-dealkylation sites (tertiary alicyclic amines) is 1. The maximum Gasteiger partial charge on any atom is 0.119 e. The maximum atomic E-state index is 5.40. The van der Waals surface area contributed by atoms with Crippen molar-refractivity contribution in [3.63, 3.8) is 0 Å². The molecule has 0 spiro atoms. The molecule has 2 aliphatic rings. The van der Waals surface area contributed by atoms with Gasteiger partial charge in [-0.05, 0) is 75.6 Å². The Balaban J connectivity index is 1.55. The quantitative estimate of drug-likeness (QED) is 0.910. The van der Waals surface area contributed by atoms with E-state index < -0.39 is 0 Å². The Morgan fingerprint density at radius 2 is 2.09 bits per heavy atom. The molecule has 0 amide bonds. The Bertz CT molecular complexity index is 673. The molecule has 0 unspecified atom stereocenters. The van der Waals surface area contributed by atoms with Gasteiger partial charge in [0.2, 0.25) is 0 Å². The Labute approximate surface area is 138 Å². The Morgan fingerprint density at radius 3 is 2.91 bits per heavy atom. The van der Waals surface area contributed by atoms with Gasteiger partial charge in [-0.3, -0.25) is 0 Å². The average Bonchev–Trinajstić information content (AvgIpc) is 2.99.